The molecule has 0 aliphatic carbocycles. The van der Waals surface area contributed by atoms with Crippen molar-refractivity contribution >= 4 is 67.0 Å². The lowest BCUT2D eigenvalue weighted by molar-refractivity contribution is -0.0503. The first-order valence-electron chi connectivity index (χ1n) is 12.2. The van der Waals surface area contributed by atoms with Gasteiger partial charge in [0.25, 0.3) is 10.1 Å². The Morgan fingerprint density at radius 2 is 1.64 bits per heavy atom. The van der Waals surface area contributed by atoms with Gasteiger partial charge in [-0.3, -0.25) is 18.7 Å². The lowest BCUT2D eigenvalue weighted by Gasteiger charge is -2.21. The van der Waals surface area contributed by atoms with E-state index in [0.29, 0.717) is 0 Å². The van der Waals surface area contributed by atoms with Crippen molar-refractivity contribution in [3.63, 3.8) is 0 Å². The predicted molar refractivity (Wildman–Crippen MR) is 151 cm³/mol. The Bertz CT molecular complexity index is 2030. The molecule has 1 aliphatic heterocycles. The highest BCUT2D eigenvalue weighted by molar-refractivity contribution is 7.86. The van der Waals surface area contributed by atoms with Gasteiger partial charge >= 0.3 is 23.4 Å². The van der Waals surface area contributed by atoms with Crippen LogP contribution < -0.4 is 10.8 Å². The van der Waals surface area contributed by atoms with Gasteiger partial charge < -0.3 is 35.4 Å². The molecule has 9 N–H and O–H groups in total. The number of benzene rings is 2. The first-order valence-corrected chi connectivity index (χ1v) is 18.2. The zero-order chi connectivity index (χ0) is 32.9. The molecule has 0 spiro atoms. The molecule has 3 heterocycles. The van der Waals surface area contributed by atoms with Crippen molar-refractivity contribution < 1.29 is 69.4 Å². The molecule has 1 aliphatic rings. The van der Waals surface area contributed by atoms with Crippen LogP contribution in [0.1, 0.15) is 6.23 Å². The number of phosphoric acid groups is 2. The van der Waals surface area contributed by atoms with Crippen molar-refractivity contribution in [2.24, 2.45) is 0 Å². The number of hydrogen-bond donors (Lipinski definition) is 8. The van der Waals surface area contributed by atoms with E-state index in [1.807, 2.05) is 5.09 Å². The fourth-order valence-electron chi connectivity index (χ4n) is 4.41. The average Bonchev–Trinajstić information content (AvgIpc) is 3.47. The van der Waals surface area contributed by atoms with E-state index in [1.54, 1.807) is 0 Å². The second-order valence-corrected chi connectivity index (χ2v) is 15.4. The van der Waals surface area contributed by atoms with Crippen molar-refractivity contribution in [1.29, 1.82) is 0 Å². The van der Waals surface area contributed by atoms with Gasteiger partial charge in [-0.1, -0.05) is 24.3 Å². The molecule has 7 unspecified atom stereocenters. The van der Waals surface area contributed by atoms with Gasteiger partial charge in [-0.05, 0) is 12.1 Å². The molecule has 1 fully saturated rings. The highest BCUT2D eigenvalue weighted by atomic mass is 32.2. The number of aliphatic hydroxyl groups excluding tert-OH is 2. The van der Waals surface area contributed by atoms with E-state index in [0.717, 1.165) is 18.5 Å². The first kappa shape index (κ1) is 33.5. The number of nitrogen functional groups attached to an aromatic ring is 1. The number of aromatic nitrogens is 4. The zero-order valence-electron chi connectivity index (χ0n) is 22.1. The summed E-state index contributed by atoms with van der Waals surface area (Å²) in [6, 6.07) is 7.20. The second kappa shape index (κ2) is 12.0. The standard InChI is InChI=1S/C20H23N6O15P3S/c21-18-15-19(23-8-22-18)26(9-24-15)20-17(28)16(27)13(39-20)7-38-43(31,32)41-44(33,34)40-42(29,30)25-12-5-1-4-11-10(12)3-2-6-14(11)45(35,36)37/h1-6,8-9,13,16-17,20,27-28H,7H2,(H,31,32)(H,33,34)(H2,21,22,23)(H2,25,29,30)(H,35,36,37). The summed E-state index contributed by atoms with van der Waals surface area (Å²) >= 11 is 0. The molecule has 7 atom stereocenters. The smallest absolute Gasteiger partial charge is 0.387 e. The number of nitrogens with one attached hydrogen (secondary N) is 1. The van der Waals surface area contributed by atoms with E-state index in [2.05, 4.69) is 28.1 Å². The summed E-state index contributed by atoms with van der Waals surface area (Å²) in [4.78, 5) is 41.4. The molecule has 244 valence electrons. The molecule has 21 nitrogen and oxygen atoms in total. The number of phosphoric ester groups is 1. The number of rotatable bonds is 11. The zero-order valence-corrected chi connectivity index (χ0v) is 25.6. The molecule has 25 heteroatoms. The molecule has 2 aromatic heterocycles. The number of nitrogens with zero attached hydrogens (tertiary/aromatic N) is 4. The Morgan fingerprint density at radius 3 is 2.36 bits per heavy atom. The third-order valence-corrected chi connectivity index (χ3v) is 11.5. The number of fused-ring (bicyclic) bond motifs is 2. The molecular weight excluding hydrogens is 689 g/mol. The third-order valence-electron chi connectivity index (χ3n) is 6.24. The van der Waals surface area contributed by atoms with Crippen LogP contribution in [0.2, 0.25) is 0 Å². The van der Waals surface area contributed by atoms with Gasteiger partial charge in [0.05, 0.1) is 18.6 Å². The number of imidazole rings is 1. The summed E-state index contributed by atoms with van der Waals surface area (Å²) < 4.78 is 89.9. The van der Waals surface area contributed by atoms with Crippen LogP contribution in [0.3, 0.4) is 0 Å². The fraction of sp³-hybridized carbons (Fsp3) is 0.250. The average molecular weight is 712 g/mol. The minimum absolute atomic E-state index is 0.0201. The lowest BCUT2D eigenvalue weighted by atomic mass is 10.1. The summed E-state index contributed by atoms with van der Waals surface area (Å²) in [6.07, 6.45) is -3.93. The summed E-state index contributed by atoms with van der Waals surface area (Å²) in [6.45, 7) is -1.01. The molecule has 2 aromatic carbocycles. The Hall–Kier alpha value is -2.91. The highest BCUT2D eigenvalue weighted by Crippen LogP contribution is 2.67. The van der Waals surface area contributed by atoms with Crippen LogP contribution in [0.15, 0.2) is 53.9 Å². The van der Waals surface area contributed by atoms with Gasteiger partial charge in [0.15, 0.2) is 17.7 Å². The summed E-state index contributed by atoms with van der Waals surface area (Å²) in [5.74, 6) is 0.0201. The molecule has 1 saturated heterocycles. The number of hydrogen-bond acceptors (Lipinski definition) is 15. The third kappa shape index (κ3) is 7.25. The van der Waals surface area contributed by atoms with E-state index in [9.17, 15) is 51.6 Å². The van der Waals surface area contributed by atoms with Crippen LogP contribution in [0.5, 0.6) is 0 Å². The second-order valence-electron chi connectivity index (χ2n) is 9.29. The number of anilines is 2. The molecule has 0 amide bonds. The van der Waals surface area contributed by atoms with Gasteiger partial charge in [-0.25, -0.2) is 28.6 Å². The Kier molecular flexibility index (Phi) is 8.94. The van der Waals surface area contributed by atoms with E-state index in [4.69, 9.17) is 10.5 Å². The van der Waals surface area contributed by atoms with E-state index in [-0.39, 0.29) is 33.4 Å². The van der Waals surface area contributed by atoms with Crippen molar-refractivity contribution in [3.8, 4) is 0 Å². The fourth-order valence-corrected chi connectivity index (χ4v) is 8.85. The molecule has 0 bridgehead atoms. The van der Waals surface area contributed by atoms with E-state index in [1.165, 1.54) is 35.2 Å². The van der Waals surface area contributed by atoms with E-state index >= 15 is 0 Å². The quantitative estimate of drug-likeness (QED) is 0.0790. The monoisotopic (exact) mass is 712 g/mol. The summed E-state index contributed by atoms with van der Waals surface area (Å²) in [5.41, 5.74) is 5.72. The Balaban J connectivity index is 1.24. The van der Waals surface area contributed by atoms with Crippen LogP contribution in [0.25, 0.3) is 21.9 Å². The van der Waals surface area contributed by atoms with Crippen LogP contribution in [0, 0.1) is 0 Å². The first-order chi connectivity index (χ1) is 20.9. The topological polar surface area (TPSA) is 325 Å². The molecular formula is C20H23N6O15P3S. The van der Waals surface area contributed by atoms with E-state index < -0.39 is 69.6 Å². The van der Waals surface area contributed by atoms with Crippen LogP contribution >= 0.6 is 23.4 Å². The van der Waals surface area contributed by atoms with Crippen molar-refractivity contribution in [2.45, 2.75) is 29.4 Å². The van der Waals surface area contributed by atoms with Crippen LogP contribution in [-0.4, -0.2) is 82.3 Å². The Labute approximate surface area is 251 Å². The van der Waals surface area contributed by atoms with Gasteiger partial charge in [-0.15, -0.1) is 0 Å². The minimum Gasteiger partial charge on any atom is -0.387 e. The van der Waals surface area contributed by atoms with Gasteiger partial charge in [-0.2, -0.15) is 17.0 Å². The van der Waals surface area contributed by atoms with Crippen LogP contribution in [-0.2, 0) is 41.7 Å². The van der Waals surface area contributed by atoms with Crippen molar-refractivity contribution in [3.05, 3.63) is 49.1 Å². The van der Waals surface area contributed by atoms with Gasteiger partial charge in [0.1, 0.15) is 35.1 Å². The molecule has 0 saturated carbocycles. The normalized spacial score (nSPS) is 24.7. The van der Waals surface area contributed by atoms with Gasteiger partial charge in [0, 0.05) is 10.8 Å². The molecule has 0 radical (unpaired) electrons. The largest absolute Gasteiger partial charge is 0.489 e. The maximum Gasteiger partial charge on any atom is 0.489 e. The van der Waals surface area contributed by atoms with Gasteiger partial charge in [0.2, 0.25) is 0 Å². The molecule has 5 rings (SSSR count). The SMILES string of the molecule is Nc1ncnc2c1ncn2C1OC(COP(=O)(O)OP(=O)(O)OP(=O)(O)Nc2cccc3c(S(=O)(=O)O)cccc23)C(O)C1O. The summed E-state index contributed by atoms with van der Waals surface area (Å²) in [5, 5.41) is 22.6. The predicted octanol–water partition coefficient (Wildman–Crippen LogP) is 0.891. The lowest BCUT2D eigenvalue weighted by Crippen LogP contribution is -2.33. The molecule has 45 heavy (non-hydrogen) atoms. The Morgan fingerprint density at radius 1 is 0.956 bits per heavy atom. The van der Waals surface area contributed by atoms with Crippen molar-refractivity contribution in [2.75, 3.05) is 17.4 Å². The van der Waals surface area contributed by atoms with Crippen LogP contribution in [0.4, 0.5) is 11.5 Å². The maximum atomic E-state index is 12.6. The summed E-state index contributed by atoms with van der Waals surface area (Å²) in [7, 11) is -21.6. The highest BCUT2D eigenvalue weighted by Gasteiger charge is 2.47. The number of nitrogens with two attached hydrogens (primary N) is 1. The number of aliphatic hydroxyl groups is 2. The van der Waals surface area contributed by atoms with Crippen molar-refractivity contribution in [1.82, 2.24) is 19.5 Å². The number of ether oxygens (including phenoxy) is 1. The maximum absolute atomic E-state index is 12.6. The molecule has 4 aromatic rings. The minimum atomic E-state index is -5.88.